The Bertz CT molecular complexity index is 698. The summed E-state index contributed by atoms with van der Waals surface area (Å²) in [5.41, 5.74) is 1.06. The molecule has 2 aliphatic rings. The first-order valence-corrected chi connectivity index (χ1v) is 10.0. The van der Waals surface area contributed by atoms with Crippen LogP contribution in [-0.2, 0) is 0 Å². The minimum absolute atomic E-state index is 0.300. The Morgan fingerprint density at radius 3 is 2.38 bits per heavy atom. The van der Waals surface area contributed by atoms with Crippen LogP contribution in [0.25, 0.3) is 11.4 Å². The molecule has 0 spiro atoms. The highest BCUT2D eigenvalue weighted by molar-refractivity contribution is 5.53. The molecule has 3 heterocycles. The maximum Gasteiger partial charge on any atom is 0.181 e. The van der Waals surface area contributed by atoms with Crippen LogP contribution in [0.3, 0.4) is 0 Å². The Hall–Kier alpha value is -1.79. The summed E-state index contributed by atoms with van der Waals surface area (Å²) >= 11 is 0. The third kappa shape index (κ3) is 3.67. The molecule has 0 bridgehead atoms. The van der Waals surface area contributed by atoms with E-state index in [1.54, 1.807) is 0 Å². The van der Waals surface area contributed by atoms with Crippen molar-refractivity contribution in [2.24, 2.45) is 0 Å². The first kappa shape index (κ1) is 17.6. The van der Waals surface area contributed by atoms with Crippen molar-refractivity contribution in [1.82, 2.24) is 29.5 Å². The van der Waals surface area contributed by atoms with E-state index >= 15 is 0 Å². The van der Waals surface area contributed by atoms with Crippen molar-refractivity contribution in [2.45, 2.75) is 51.1 Å². The third-order valence-electron chi connectivity index (χ3n) is 5.98. The van der Waals surface area contributed by atoms with Crippen LogP contribution in [0.5, 0.6) is 0 Å². The standard InChI is InChI=1S/C20H30N6/c1-16(25-14-12-24(2)13-15-25)20-22-19(17-8-10-21-11-9-17)23-26(20)18-6-4-3-5-7-18/h8-11,16,18H,3-7,12-15H2,1-2H3. The lowest BCUT2D eigenvalue weighted by Crippen LogP contribution is -2.45. The maximum absolute atomic E-state index is 5.02. The van der Waals surface area contributed by atoms with Gasteiger partial charge in [-0.05, 0) is 38.9 Å². The molecule has 1 unspecified atom stereocenters. The number of nitrogens with zero attached hydrogens (tertiary/aromatic N) is 6. The second-order valence-corrected chi connectivity index (χ2v) is 7.78. The normalized spacial score (nSPS) is 21.8. The lowest BCUT2D eigenvalue weighted by atomic mass is 9.95. The SMILES string of the molecule is CC(c1nc(-c2ccncc2)nn1C1CCCCC1)N1CCN(C)CC1. The summed E-state index contributed by atoms with van der Waals surface area (Å²) in [5.74, 6) is 1.97. The molecule has 0 aromatic carbocycles. The van der Waals surface area contributed by atoms with E-state index in [0.29, 0.717) is 12.1 Å². The summed E-state index contributed by atoms with van der Waals surface area (Å²) in [6, 6.07) is 4.81. The van der Waals surface area contributed by atoms with Crippen LogP contribution >= 0.6 is 0 Å². The van der Waals surface area contributed by atoms with Gasteiger partial charge in [-0.15, -0.1) is 0 Å². The third-order valence-corrected chi connectivity index (χ3v) is 5.98. The summed E-state index contributed by atoms with van der Waals surface area (Å²) in [7, 11) is 2.20. The van der Waals surface area contributed by atoms with Crippen LogP contribution < -0.4 is 0 Å². The molecule has 1 aliphatic carbocycles. The quantitative estimate of drug-likeness (QED) is 0.844. The van der Waals surface area contributed by atoms with Gasteiger partial charge in [0, 0.05) is 44.1 Å². The zero-order chi connectivity index (χ0) is 17.9. The van der Waals surface area contributed by atoms with Crippen molar-refractivity contribution in [3.05, 3.63) is 30.4 Å². The summed E-state index contributed by atoms with van der Waals surface area (Å²) in [6.45, 7) is 6.74. The minimum Gasteiger partial charge on any atom is -0.304 e. The predicted octanol–water partition coefficient (Wildman–Crippen LogP) is 3.15. The van der Waals surface area contributed by atoms with Gasteiger partial charge in [-0.25, -0.2) is 9.67 Å². The molecule has 4 rings (SSSR count). The van der Waals surface area contributed by atoms with Gasteiger partial charge in [-0.3, -0.25) is 9.88 Å². The van der Waals surface area contributed by atoms with E-state index in [9.17, 15) is 0 Å². The first-order valence-electron chi connectivity index (χ1n) is 10.0. The Morgan fingerprint density at radius 1 is 1.00 bits per heavy atom. The molecule has 0 radical (unpaired) electrons. The Kier molecular flexibility index (Phi) is 5.31. The lowest BCUT2D eigenvalue weighted by molar-refractivity contribution is 0.111. The average Bonchev–Trinajstić information content (AvgIpc) is 3.15. The molecular weight excluding hydrogens is 324 g/mol. The second-order valence-electron chi connectivity index (χ2n) is 7.78. The summed E-state index contributed by atoms with van der Waals surface area (Å²) in [4.78, 5) is 14.1. The Labute approximate surface area is 156 Å². The summed E-state index contributed by atoms with van der Waals surface area (Å²) in [6.07, 6.45) is 10.0. The van der Waals surface area contributed by atoms with E-state index in [0.717, 1.165) is 43.4 Å². The van der Waals surface area contributed by atoms with E-state index < -0.39 is 0 Å². The molecule has 6 nitrogen and oxygen atoms in total. The largest absolute Gasteiger partial charge is 0.304 e. The number of hydrogen-bond donors (Lipinski definition) is 0. The fourth-order valence-corrected chi connectivity index (χ4v) is 4.21. The van der Waals surface area contributed by atoms with Gasteiger partial charge in [0.25, 0.3) is 0 Å². The van der Waals surface area contributed by atoms with E-state index in [4.69, 9.17) is 10.1 Å². The van der Waals surface area contributed by atoms with Crippen LogP contribution in [0.1, 0.15) is 56.9 Å². The minimum atomic E-state index is 0.300. The van der Waals surface area contributed by atoms with Crippen LogP contribution in [0.15, 0.2) is 24.5 Å². The highest BCUT2D eigenvalue weighted by Gasteiger charge is 2.28. The fraction of sp³-hybridized carbons (Fsp3) is 0.650. The van der Waals surface area contributed by atoms with Crippen molar-refractivity contribution < 1.29 is 0 Å². The van der Waals surface area contributed by atoms with E-state index in [-0.39, 0.29) is 0 Å². The monoisotopic (exact) mass is 354 g/mol. The van der Waals surface area contributed by atoms with Gasteiger partial charge in [-0.1, -0.05) is 19.3 Å². The van der Waals surface area contributed by atoms with Crippen molar-refractivity contribution in [1.29, 1.82) is 0 Å². The molecule has 0 amide bonds. The lowest BCUT2D eigenvalue weighted by Gasteiger charge is -2.36. The molecule has 2 aromatic heterocycles. The number of hydrogen-bond acceptors (Lipinski definition) is 5. The average molecular weight is 355 g/mol. The molecule has 1 saturated carbocycles. The summed E-state index contributed by atoms with van der Waals surface area (Å²) < 4.78 is 2.26. The van der Waals surface area contributed by atoms with Crippen LogP contribution in [0, 0.1) is 0 Å². The molecule has 0 N–H and O–H groups in total. The smallest absolute Gasteiger partial charge is 0.181 e. The number of aromatic nitrogens is 4. The van der Waals surface area contributed by atoms with Gasteiger partial charge in [0.1, 0.15) is 5.82 Å². The highest BCUT2D eigenvalue weighted by atomic mass is 15.4. The second kappa shape index (κ2) is 7.84. The van der Waals surface area contributed by atoms with Crippen LogP contribution in [-0.4, -0.2) is 62.8 Å². The zero-order valence-corrected chi connectivity index (χ0v) is 16.0. The van der Waals surface area contributed by atoms with Gasteiger partial charge in [0.15, 0.2) is 5.82 Å². The molecule has 1 saturated heterocycles. The van der Waals surface area contributed by atoms with Gasteiger partial charge in [0.05, 0.1) is 12.1 Å². The van der Waals surface area contributed by atoms with Gasteiger partial charge in [0.2, 0.25) is 0 Å². The van der Waals surface area contributed by atoms with Crippen molar-refractivity contribution in [2.75, 3.05) is 33.2 Å². The molecular formula is C20H30N6. The molecule has 26 heavy (non-hydrogen) atoms. The number of pyridine rings is 1. The van der Waals surface area contributed by atoms with Crippen LogP contribution in [0.4, 0.5) is 0 Å². The molecule has 6 heteroatoms. The number of likely N-dealkylation sites (N-methyl/N-ethyl adjacent to an activating group) is 1. The van der Waals surface area contributed by atoms with E-state index in [2.05, 4.69) is 33.4 Å². The maximum atomic E-state index is 5.02. The van der Waals surface area contributed by atoms with E-state index in [1.165, 1.54) is 32.1 Å². The van der Waals surface area contributed by atoms with Crippen molar-refractivity contribution >= 4 is 0 Å². The van der Waals surface area contributed by atoms with Gasteiger partial charge in [-0.2, -0.15) is 5.10 Å². The molecule has 1 aliphatic heterocycles. The van der Waals surface area contributed by atoms with Gasteiger partial charge >= 0.3 is 0 Å². The zero-order valence-electron chi connectivity index (χ0n) is 16.0. The Balaban J connectivity index is 1.65. The van der Waals surface area contributed by atoms with Gasteiger partial charge < -0.3 is 4.90 Å². The summed E-state index contributed by atoms with van der Waals surface area (Å²) in [5, 5.41) is 4.98. The topological polar surface area (TPSA) is 50.1 Å². The number of rotatable bonds is 4. The Morgan fingerprint density at radius 2 is 1.69 bits per heavy atom. The predicted molar refractivity (Wildman–Crippen MR) is 103 cm³/mol. The molecule has 2 aromatic rings. The molecule has 140 valence electrons. The van der Waals surface area contributed by atoms with Crippen molar-refractivity contribution in [3.63, 3.8) is 0 Å². The first-order chi connectivity index (χ1) is 12.7. The van der Waals surface area contributed by atoms with Crippen molar-refractivity contribution in [3.8, 4) is 11.4 Å². The number of piperazine rings is 1. The highest BCUT2D eigenvalue weighted by Crippen LogP contribution is 2.32. The van der Waals surface area contributed by atoms with Crippen LogP contribution in [0.2, 0.25) is 0 Å². The fourth-order valence-electron chi connectivity index (χ4n) is 4.21. The van der Waals surface area contributed by atoms with E-state index in [1.807, 2.05) is 24.5 Å². The molecule has 2 fully saturated rings. The molecule has 1 atom stereocenters.